The Kier molecular flexibility index (Phi) is 4.57. The first-order chi connectivity index (χ1) is 9.71. The predicted molar refractivity (Wildman–Crippen MR) is 72.5 cm³/mol. The smallest absolute Gasteiger partial charge is 0.336 e. The lowest BCUT2D eigenvalue weighted by Crippen LogP contribution is -2.51. The Morgan fingerprint density at radius 1 is 1.43 bits per heavy atom. The van der Waals surface area contributed by atoms with E-state index in [1.807, 2.05) is 6.92 Å². The van der Waals surface area contributed by atoms with Gasteiger partial charge in [0.05, 0.1) is 11.1 Å². The standard InChI is InChI=1S/C13H13BrF4N2O/c1-7-6-20(5-4-19-7)12(21)10-9(14)3-2-8(11(10)15)13(16,17)18/h2-3,7,19H,4-6H2,1H3. The molecule has 21 heavy (non-hydrogen) atoms. The lowest BCUT2D eigenvalue weighted by molar-refractivity contribution is -0.140. The molecule has 1 aliphatic rings. The van der Waals surface area contributed by atoms with Crippen LogP contribution in [0.5, 0.6) is 0 Å². The van der Waals surface area contributed by atoms with Crippen molar-refractivity contribution in [2.45, 2.75) is 19.1 Å². The summed E-state index contributed by atoms with van der Waals surface area (Å²) in [6, 6.07) is 1.68. The molecule has 0 radical (unpaired) electrons. The minimum atomic E-state index is -4.84. The summed E-state index contributed by atoms with van der Waals surface area (Å²) in [6.45, 7) is 3.01. The van der Waals surface area contributed by atoms with Gasteiger partial charge in [-0.3, -0.25) is 4.79 Å². The van der Waals surface area contributed by atoms with E-state index in [0.29, 0.717) is 25.7 Å². The van der Waals surface area contributed by atoms with E-state index in [9.17, 15) is 22.4 Å². The molecule has 1 aromatic carbocycles. The molecule has 0 bridgehead atoms. The van der Waals surface area contributed by atoms with Crippen LogP contribution in [0.15, 0.2) is 16.6 Å². The van der Waals surface area contributed by atoms with E-state index < -0.39 is 29.0 Å². The van der Waals surface area contributed by atoms with Crippen LogP contribution in [0.4, 0.5) is 17.6 Å². The highest BCUT2D eigenvalue weighted by atomic mass is 79.9. The monoisotopic (exact) mass is 368 g/mol. The molecule has 0 aromatic heterocycles. The summed E-state index contributed by atoms with van der Waals surface area (Å²) in [5.41, 5.74) is -2.00. The minimum Gasteiger partial charge on any atom is -0.336 e. The van der Waals surface area contributed by atoms with Crippen molar-refractivity contribution in [3.05, 3.63) is 33.5 Å². The van der Waals surface area contributed by atoms with Crippen molar-refractivity contribution in [1.82, 2.24) is 10.2 Å². The van der Waals surface area contributed by atoms with Crippen molar-refractivity contribution in [2.24, 2.45) is 0 Å². The molecule has 1 atom stereocenters. The van der Waals surface area contributed by atoms with Gasteiger partial charge < -0.3 is 10.2 Å². The number of hydrogen-bond acceptors (Lipinski definition) is 2. The number of amides is 1. The minimum absolute atomic E-state index is 0.00957. The van der Waals surface area contributed by atoms with Crippen LogP contribution in [-0.2, 0) is 6.18 Å². The van der Waals surface area contributed by atoms with Crippen LogP contribution in [0.2, 0.25) is 0 Å². The summed E-state index contributed by atoms with van der Waals surface area (Å²) in [5, 5.41) is 3.10. The number of rotatable bonds is 1. The average molecular weight is 369 g/mol. The molecule has 1 amide bonds. The Morgan fingerprint density at radius 2 is 2.10 bits per heavy atom. The summed E-state index contributed by atoms with van der Waals surface area (Å²) in [4.78, 5) is 13.7. The molecule has 1 aromatic rings. The summed E-state index contributed by atoms with van der Waals surface area (Å²) in [5.74, 6) is -2.27. The fourth-order valence-corrected chi connectivity index (χ4v) is 2.72. The van der Waals surface area contributed by atoms with Gasteiger partial charge in [-0.2, -0.15) is 13.2 Å². The highest BCUT2D eigenvalue weighted by Crippen LogP contribution is 2.35. The van der Waals surface area contributed by atoms with E-state index in [1.165, 1.54) is 4.90 Å². The molecule has 0 aliphatic carbocycles. The first kappa shape index (κ1) is 16.2. The number of nitrogens with zero attached hydrogens (tertiary/aromatic N) is 1. The normalized spacial score (nSPS) is 19.7. The van der Waals surface area contributed by atoms with Crippen LogP contribution in [-0.4, -0.2) is 36.5 Å². The molecule has 116 valence electrons. The van der Waals surface area contributed by atoms with Gasteiger partial charge in [0.2, 0.25) is 0 Å². The second-order valence-corrected chi connectivity index (χ2v) is 5.74. The molecule has 0 saturated carbocycles. The second-order valence-electron chi connectivity index (χ2n) is 4.89. The molecule has 8 heteroatoms. The van der Waals surface area contributed by atoms with E-state index in [1.54, 1.807) is 0 Å². The first-order valence-electron chi connectivity index (χ1n) is 6.29. The zero-order chi connectivity index (χ0) is 15.8. The molecule has 1 N–H and O–H groups in total. The predicted octanol–water partition coefficient (Wildman–Crippen LogP) is 3.04. The van der Waals surface area contributed by atoms with Crippen LogP contribution in [0.1, 0.15) is 22.8 Å². The Labute approximate surface area is 127 Å². The summed E-state index contributed by atoms with van der Waals surface area (Å²) in [6.07, 6.45) is -4.84. The van der Waals surface area contributed by atoms with Crippen LogP contribution < -0.4 is 5.32 Å². The number of piperazine rings is 1. The van der Waals surface area contributed by atoms with Gasteiger partial charge in [-0.15, -0.1) is 0 Å². The van der Waals surface area contributed by atoms with Gasteiger partial charge in [-0.05, 0) is 35.0 Å². The van der Waals surface area contributed by atoms with E-state index in [0.717, 1.165) is 6.07 Å². The van der Waals surface area contributed by atoms with Crippen molar-refractivity contribution >= 4 is 21.8 Å². The van der Waals surface area contributed by atoms with Crippen molar-refractivity contribution in [2.75, 3.05) is 19.6 Å². The molecule has 1 unspecified atom stereocenters. The van der Waals surface area contributed by atoms with E-state index >= 15 is 0 Å². The Morgan fingerprint density at radius 3 is 2.67 bits per heavy atom. The molecule has 1 fully saturated rings. The zero-order valence-corrected chi connectivity index (χ0v) is 12.7. The Bertz CT molecular complexity index is 562. The fraction of sp³-hybridized carbons (Fsp3) is 0.462. The second kappa shape index (κ2) is 5.92. The maximum atomic E-state index is 14.1. The molecule has 1 aliphatic heterocycles. The van der Waals surface area contributed by atoms with E-state index in [2.05, 4.69) is 21.2 Å². The van der Waals surface area contributed by atoms with Gasteiger partial charge in [0.1, 0.15) is 5.82 Å². The van der Waals surface area contributed by atoms with Gasteiger partial charge in [0.15, 0.2) is 0 Å². The lowest BCUT2D eigenvalue weighted by atomic mass is 10.1. The van der Waals surface area contributed by atoms with Gasteiger partial charge in [0, 0.05) is 30.1 Å². The van der Waals surface area contributed by atoms with Crippen LogP contribution in [0, 0.1) is 5.82 Å². The lowest BCUT2D eigenvalue weighted by Gasteiger charge is -2.32. The zero-order valence-electron chi connectivity index (χ0n) is 11.1. The molecule has 3 nitrogen and oxygen atoms in total. The van der Waals surface area contributed by atoms with Crippen molar-refractivity contribution in [3.8, 4) is 0 Å². The number of alkyl halides is 3. The Balaban J connectivity index is 2.41. The largest absolute Gasteiger partial charge is 0.419 e. The van der Waals surface area contributed by atoms with Crippen LogP contribution in [0.25, 0.3) is 0 Å². The molecular weight excluding hydrogens is 356 g/mol. The maximum Gasteiger partial charge on any atom is 0.419 e. The molecule has 1 saturated heterocycles. The average Bonchev–Trinajstić information content (AvgIpc) is 2.37. The summed E-state index contributed by atoms with van der Waals surface area (Å²) >= 11 is 2.96. The third-order valence-corrected chi connectivity index (χ3v) is 3.93. The summed E-state index contributed by atoms with van der Waals surface area (Å²) in [7, 11) is 0. The third kappa shape index (κ3) is 3.37. The molecule has 2 rings (SSSR count). The van der Waals surface area contributed by atoms with Crippen LogP contribution >= 0.6 is 15.9 Å². The molecular formula is C13H13BrF4N2O. The number of nitrogens with one attached hydrogen (secondary N) is 1. The number of hydrogen-bond donors (Lipinski definition) is 1. The van der Waals surface area contributed by atoms with Crippen LogP contribution in [0.3, 0.4) is 0 Å². The quantitative estimate of drug-likeness (QED) is 0.772. The van der Waals surface area contributed by atoms with Gasteiger partial charge in [-0.1, -0.05) is 0 Å². The maximum absolute atomic E-state index is 14.1. The highest BCUT2D eigenvalue weighted by molar-refractivity contribution is 9.10. The number of carbonyl (C=O) groups is 1. The van der Waals surface area contributed by atoms with Gasteiger partial charge in [-0.25, -0.2) is 4.39 Å². The van der Waals surface area contributed by atoms with E-state index in [4.69, 9.17) is 0 Å². The fourth-order valence-electron chi connectivity index (χ4n) is 2.24. The van der Waals surface area contributed by atoms with Gasteiger partial charge in [0.25, 0.3) is 5.91 Å². The van der Waals surface area contributed by atoms with Crippen molar-refractivity contribution < 1.29 is 22.4 Å². The van der Waals surface area contributed by atoms with Crippen molar-refractivity contribution in [1.29, 1.82) is 0 Å². The molecule has 1 heterocycles. The Hall–Kier alpha value is -1.15. The third-order valence-electron chi connectivity index (χ3n) is 3.27. The number of halogens is 5. The summed E-state index contributed by atoms with van der Waals surface area (Å²) < 4.78 is 52.4. The first-order valence-corrected chi connectivity index (χ1v) is 7.09. The van der Waals surface area contributed by atoms with E-state index in [-0.39, 0.29) is 10.5 Å². The number of carbonyl (C=O) groups excluding carboxylic acids is 1. The SMILES string of the molecule is CC1CN(C(=O)c2c(Br)ccc(C(F)(F)F)c2F)CCN1. The van der Waals surface area contributed by atoms with Crippen molar-refractivity contribution in [3.63, 3.8) is 0 Å². The van der Waals surface area contributed by atoms with Gasteiger partial charge >= 0.3 is 6.18 Å². The molecule has 0 spiro atoms. The topological polar surface area (TPSA) is 32.3 Å². The highest BCUT2D eigenvalue weighted by Gasteiger charge is 2.37. The number of benzene rings is 1.